The van der Waals surface area contributed by atoms with Gasteiger partial charge < -0.3 is 15.3 Å². The predicted molar refractivity (Wildman–Crippen MR) is 118 cm³/mol. The Kier molecular flexibility index (Phi) is 12.8. The van der Waals surface area contributed by atoms with Gasteiger partial charge in [0.25, 0.3) is 0 Å². The first-order chi connectivity index (χ1) is 13.2. The number of hydrogen-bond donors (Lipinski definition) is 2. The SMILES string of the molecule is CCCCc1cc(C=NCCNCCN(CC)CC)c(O)c(CCCC)c1. The number of nitrogens with one attached hydrogen (secondary N) is 1. The predicted octanol–water partition coefficient (Wildman–Crippen LogP) is 4.43. The summed E-state index contributed by atoms with van der Waals surface area (Å²) in [7, 11) is 0. The topological polar surface area (TPSA) is 47.9 Å². The highest BCUT2D eigenvalue weighted by Crippen LogP contribution is 2.26. The van der Waals surface area contributed by atoms with Crippen LogP contribution in [0.3, 0.4) is 0 Å². The molecule has 27 heavy (non-hydrogen) atoms. The fourth-order valence-corrected chi connectivity index (χ4v) is 3.18. The van der Waals surface area contributed by atoms with E-state index in [4.69, 9.17) is 0 Å². The zero-order valence-corrected chi connectivity index (χ0v) is 18.1. The van der Waals surface area contributed by atoms with Crippen LogP contribution in [-0.4, -0.2) is 55.5 Å². The number of unbranched alkanes of at least 4 members (excludes halogenated alkanes) is 2. The van der Waals surface area contributed by atoms with Crippen molar-refractivity contribution >= 4 is 6.21 Å². The Morgan fingerprint density at radius 1 is 1.00 bits per heavy atom. The lowest BCUT2D eigenvalue weighted by Gasteiger charge is -2.17. The van der Waals surface area contributed by atoms with Gasteiger partial charge in [0.2, 0.25) is 0 Å². The van der Waals surface area contributed by atoms with Gasteiger partial charge in [-0.15, -0.1) is 0 Å². The van der Waals surface area contributed by atoms with Gasteiger partial charge in [0.15, 0.2) is 0 Å². The van der Waals surface area contributed by atoms with E-state index in [1.54, 1.807) is 0 Å². The van der Waals surface area contributed by atoms with E-state index in [0.717, 1.165) is 76.1 Å². The number of aryl methyl sites for hydroxylation is 2. The van der Waals surface area contributed by atoms with Gasteiger partial charge in [-0.25, -0.2) is 0 Å². The van der Waals surface area contributed by atoms with E-state index in [0.29, 0.717) is 5.75 Å². The molecule has 0 fully saturated rings. The molecule has 0 aliphatic carbocycles. The second-order valence-electron chi connectivity index (χ2n) is 7.21. The number of phenolic OH excluding ortho intramolecular Hbond substituents is 1. The molecule has 0 aromatic heterocycles. The molecule has 2 N–H and O–H groups in total. The molecular weight excluding hydrogens is 334 g/mol. The highest BCUT2D eigenvalue weighted by atomic mass is 16.3. The molecule has 0 unspecified atom stereocenters. The first kappa shape index (κ1) is 23.6. The van der Waals surface area contributed by atoms with Gasteiger partial charge in [-0.1, -0.05) is 46.6 Å². The maximum Gasteiger partial charge on any atom is 0.127 e. The molecule has 0 radical (unpaired) electrons. The lowest BCUT2D eigenvalue weighted by atomic mass is 9.97. The molecule has 0 saturated heterocycles. The lowest BCUT2D eigenvalue weighted by Crippen LogP contribution is -2.32. The van der Waals surface area contributed by atoms with Gasteiger partial charge in [-0.3, -0.25) is 4.99 Å². The minimum absolute atomic E-state index is 0.418. The lowest BCUT2D eigenvalue weighted by molar-refractivity contribution is 0.303. The number of nitrogens with zero attached hydrogens (tertiary/aromatic N) is 2. The van der Waals surface area contributed by atoms with Gasteiger partial charge in [-0.05, 0) is 56.0 Å². The second kappa shape index (κ2) is 14.6. The summed E-state index contributed by atoms with van der Waals surface area (Å²) in [6, 6.07) is 4.30. The van der Waals surface area contributed by atoms with Gasteiger partial charge >= 0.3 is 0 Å². The van der Waals surface area contributed by atoms with Crippen LogP contribution in [0, 0.1) is 0 Å². The van der Waals surface area contributed by atoms with Crippen molar-refractivity contribution in [2.45, 2.75) is 66.2 Å². The van der Waals surface area contributed by atoms with E-state index in [9.17, 15) is 5.11 Å². The first-order valence-electron chi connectivity index (χ1n) is 10.9. The Balaban J connectivity index is 2.59. The summed E-state index contributed by atoms with van der Waals surface area (Å²) in [5.74, 6) is 0.418. The number of phenols is 1. The van der Waals surface area contributed by atoms with Crippen LogP contribution in [0.5, 0.6) is 5.75 Å². The Hall–Kier alpha value is -1.39. The Labute approximate surface area is 167 Å². The van der Waals surface area contributed by atoms with Crippen molar-refractivity contribution in [1.29, 1.82) is 0 Å². The van der Waals surface area contributed by atoms with E-state index in [-0.39, 0.29) is 0 Å². The smallest absolute Gasteiger partial charge is 0.127 e. The monoisotopic (exact) mass is 375 g/mol. The van der Waals surface area contributed by atoms with Gasteiger partial charge in [-0.2, -0.15) is 0 Å². The summed E-state index contributed by atoms with van der Waals surface area (Å²) in [4.78, 5) is 6.95. The number of hydrogen-bond acceptors (Lipinski definition) is 4. The van der Waals surface area contributed by atoms with Crippen molar-refractivity contribution < 1.29 is 5.11 Å². The van der Waals surface area contributed by atoms with Crippen LogP contribution in [0.15, 0.2) is 17.1 Å². The van der Waals surface area contributed by atoms with Crippen molar-refractivity contribution in [3.63, 3.8) is 0 Å². The highest BCUT2D eigenvalue weighted by Gasteiger charge is 2.08. The zero-order chi connectivity index (χ0) is 19.9. The standard InChI is InChI=1S/C23H41N3O/c1-5-9-11-20-17-21(12-10-6-2)23(27)22(18-20)19-25-14-13-24-15-16-26(7-3)8-4/h17-19,24,27H,5-16H2,1-4H3. The zero-order valence-electron chi connectivity index (χ0n) is 18.1. The largest absolute Gasteiger partial charge is 0.507 e. The van der Waals surface area contributed by atoms with Crippen LogP contribution in [0.2, 0.25) is 0 Å². The van der Waals surface area contributed by atoms with Crippen LogP contribution in [0.4, 0.5) is 0 Å². The molecule has 154 valence electrons. The fourth-order valence-electron chi connectivity index (χ4n) is 3.18. The number of aliphatic imine (C=N–C) groups is 1. The van der Waals surface area contributed by atoms with Crippen molar-refractivity contribution in [2.75, 3.05) is 39.3 Å². The molecule has 4 nitrogen and oxygen atoms in total. The molecule has 0 saturated carbocycles. The number of rotatable bonds is 15. The van der Waals surface area contributed by atoms with Gasteiger partial charge in [0.1, 0.15) is 5.75 Å². The van der Waals surface area contributed by atoms with Crippen LogP contribution in [0.25, 0.3) is 0 Å². The second-order valence-corrected chi connectivity index (χ2v) is 7.21. The molecule has 0 amide bonds. The Morgan fingerprint density at radius 3 is 2.37 bits per heavy atom. The van der Waals surface area contributed by atoms with Crippen molar-refractivity contribution in [2.24, 2.45) is 4.99 Å². The molecule has 1 aromatic rings. The van der Waals surface area contributed by atoms with E-state index in [2.05, 4.69) is 55.0 Å². The third-order valence-electron chi connectivity index (χ3n) is 5.04. The van der Waals surface area contributed by atoms with Crippen molar-refractivity contribution in [3.05, 3.63) is 28.8 Å². The molecule has 1 rings (SSSR count). The first-order valence-corrected chi connectivity index (χ1v) is 10.9. The molecule has 0 bridgehead atoms. The van der Waals surface area contributed by atoms with E-state index in [1.807, 2.05) is 6.21 Å². The Bertz CT molecular complexity index is 539. The molecule has 0 spiro atoms. The van der Waals surface area contributed by atoms with Gasteiger partial charge in [0, 0.05) is 31.4 Å². The fraction of sp³-hybridized carbons (Fsp3) is 0.696. The average molecular weight is 376 g/mol. The maximum atomic E-state index is 10.6. The molecule has 1 aromatic carbocycles. The molecule has 0 aliphatic rings. The average Bonchev–Trinajstić information content (AvgIpc) is 2.69. The van der Waals surface area contributed by atoms with Crippen molar-refractivity contribution in [3.8, 4) is 5.75 Å². The molecule has 0 heterocycles. The van der Waals surface area contributed by atoms with Crippen molar-refractivity contribution in [1.82, 2.24) is 10.2 Å². The molecule has 4 heteroatoms. The van der Waals surface area contributed by atoms with Gasteiger partial charge in [0.05, 0.1) is 6.54 Å². The van der Waals surface area contributed by atoms with Crippen LogP contribution < -0.4 is 5.32 Å². The van der Waals surface area contributed by atoms with E-state index in [1.165, 1.54) is 18.4 Å². The maximum absolute atomic E-state index is 10.6. The minimum atomic E-state index is 0.418. The minimum Gasteiger partial charge on any atom is -0.507 e. The molecular formula is C23H41N3O. The van der Waals surface area contributed by atoms with E-state index >= 15 is 0 Å². The summed E-state index contributed by atoms with van der Waals surface area (Å²) >= 11 is 0. The number of aromatic hydroxyl groups is 1. The van der Waals surface area contributed by atoms with Crippen LogP contribution in [-0.2, 0) is 12.8 Å². The molecule has 0 aliphatic heterocycles. The quantitative estimate of drug-likeness (QED) is 0.352. The molecule has 0 atom stereocenters. The van der Waals surface area contributed by atoms with Crippen LogP contribution >= 0.6 is 0 Å². The summed E-state index contributed by atoms with van der Waals surface area (Å²) in [5.41, 5.74) is 3.27. The summed E-state index contributed by atoms with van der Waals surface area (Å²) in [5, 5.41) is 14.1. The van der Waals surface area contributed by atoms with Crippen LogP contribution in [0.1, 0.15) is 70.1 Å². The summed E-state index contributed by atoms with van der Waals surface area (Å²) in [6.45, 7) is 14.7. The summed E-state index contributed by atoms with van der Waals surface area (Å²) < 4.78 is 0. The Morgan fingerprint density at radius 2 is 1.70 bits per heavy atom. The number of benzene rings is 1. The normalized spacial score (nSPS) is 11.7. The highest BCUT2D eigenvalue weighted by molar-refractivity contribution is 5.84. The van der Waals surface area contributed by atoms with E-state index < -0.39 is 0 Å². The third-order valence-corrected chi connectivity index (χ3v) is 5.04. The number of likely N-dealkylation sites (N-methyl/N-ethyl adjacent to an activating group) is 1. The summed E-state index contributed by atoms with van der Waals surface area (Å²) in [6.07, 6.45) is 8.49. The third kappa shape index (κ3) is 9.39.